The van der Waals surface area contributed by atoms with Crippen LogP contribution in [-0.4, -0.2) is 18.9 Å². The van der Waals surface area contributed by atoms with Gasteiger partial charge in [0.1, 0.15) is 5.78 Å². The number of ketones is 1. The number of nitrogens with zero attached hydrogens (tertiary/aromatic N) is 1. The van der Waals surface area contributed by atoms with Gasteiger partial charge in [0.2, 0.25) is 0 Å². The summed E-state index contributed by atoms with van der Waals surface area (Å²) >= 11 is 0. The van der Waals surface area contributed by atoms with Crippen molar-refractivity contribution in [3.8, 4) is 0 Å². The van der Waals surface area contributed by atoms with E-state index in [1.165, 1.54) is 12.1 Å². The third kappa shape index (κ3) is 2.39. The van der Waals surface area contributed by atoms with E-state index < -0.39 is 17.0 Å². The summed E-state index contributed by atoms with van der Waals surface area (Å²) in [6.07, 6.45) is 0.321. The first-order valence-corrected chi connectivity index (χ1v) is 7.30. The monoisotopic (exact) mass is 301 g/mol. The predicted octanol–water partition coefficient (Wildman–Crippen LogP) is 3.70. The summed E-state index contributed by atoms with van der Waals surface area (Å²) < 4.78 is 27.7. The van der Waals surface area contributed by atoms with E-state index in [1.54, 1.807) is 6.92 Å². The molecule has 0 N–H and O–H groups in total. The van der Waals surface area contributed by atoms with Crippen LogP contribution in [0.15, 0.2) is 48.5 Å². The Balaban J connectivity index is 2.00. The molecule has 3 rings (SSSR count). The molecule has 0 unspecified atom stereocenters. The zero-order valence-electron chi connectivity index (χ0n) is 12.4. The summed E-state index contributed by atoms with van der Waals surface area (Å²) in [4.78, 5) is 14.5. The van der Waals surface area contributed by atoms with Crippen LogP contribution in [-0.2, 0) is 10.2 Å². The van der Waals surface area contributed by atoms with Crippen molar-refractivity contribution in [3.63, 3.8) is 0 Å². The molecule has 1 saturated heterocycles. The van der Waals surface area contributed by atoms with E-state index in [9.17, 15) is 13.6 Å². The lowest BCUT2D eigenvalue weighted by atomic mass is 9.74. The first-order valence-electron chi connectivity index (χ1n) is 7.30. The van der Waals surface area contributed by atoms with Crippen LogP contribution in [0.4, 0.5) is 14.5 Å². The predicted molar refractivity (Wildman–Crippen MR) is 82.0 cm³/mol. The van der Waals surface area contributed by atoms with Gasteiger partial charge in [-0.15, -0.1) is 0 Å². The number of rotatable bonds is 2. The molecular formula is C18H17F2NO. The van der Waals surface area contributed by atoms with Gasteiger partial charge in [0.25, 0.3) is 0 Å². The molecule has 0 bridgehead atoms. The fourth-order valence-corrected chi connectivity index (χ4v) is 3.09. The number of piperidine rings is 1. The van der Waals surface area contributed by atoms with Crippen molar-refractivity contribution in [1.82, 2.24) is 0 Å². The SMILES string of the molecule is C[C@@]1(c2cccc(F)c2F)CN(c2ccccc2)CCC1=O. The molecule has 0 amide bonds. The number of Topliss-reactive ketones (excluding diaryl/α,β-unsaturated/α-hetero) is 1. The Morgan fingerprint density at radius 3 is 2.50 bits per heavy atom. The van der Waals surface area contributed by atoms with Crippen molar-refractivity contribution in [2.75, 3.05) is 18.0 Å². The standard InChI is InChI=1S/C18H17F2NO/c1-18(14-8-5-9-15(19)17(14)20)12-21(11-10-16(18)22)13-6-3-2-4-7-13/h2-9H,10-12H2,1H3/t18-/m0/s1. The van der Waals surface area contributed by atoms with Gasteiger partial charge in [-0.05, 0) is 25.1 Å². The van der Waals surface area contributed by atoms with E-state index in [-0.39, 0.29) is 11.3 Å². The summed E-state index contributed by atoms with van der Waals surface area (Å²) in [5.41, 5.74) is 0.0801. The first kappa shape index (κ1) is 14.7. The van der Waals surface area contributed by atoms with Gasteiger partial charge < -0.3 is 4.90 Å². The van der Waals surface area contributed by atoms with Gasteiger partial charge in [-0.1, -0.05) is 30.3 Å². The van der Waals surface area contributed by atoms with Crippen LogP contribution in [0.5, 0.6) is 0 Å². The summed E-state index contributed by atoms with van der Waals surface area (Å²) in [7, 11) is 0. The molecule has 114 valence electrons. The van der Waals surface area contributed by atoms with Gasteiger partial charge in [0.05, 0.1) is 5.41 Å². The van der Waals surface area contributed by atoms with E-state index in [0.717, 1.165) is 11.8 Å². The molecule has 1 aliphatic rings. The average Bonchev–Trinajstić information content (AvgIpc) is 2.53. The molecule has 4 heteroatoms. The first-order chi connectivity index (χ1) is 10.5. The minimum Gasteiger partial charge on any atom is -0.370 e. The van der Waals surface area contributed by atoms with Gasteiger partial charge in [0.15, 0.2) is 11.6 Å². The zero-order valence-corrected chi connectivity index (χ0v) is 12.4. The van der Waals surface area contributed by atoms with E-state index in [2.05, 4.69) is 0 Å². The molecule has 2 nitrogen and oxygen atoms in total. The maximum Gasteiger partial charge on any atom is 0.163 e. The summed E-state index contributed by atoms with van der Waals surface area (Å²) in [5.74, 6) is -1.89. The second kappa shape index (κ2) is 5.52. The Labute approximate surface area is 128 Å². The van der Waals surface area contributed by atoms with E-state index in [1.807, 2.05) is 35.2 Å². The highest BCUT2D eigenvalue weighted by Gasteiger charge is 2.42. The second-order valence-corrected chi connectivity index (χ2v) is 5.86. The lowest BCUT2D eigenvalue weighted by Gasteiger charge is -2.40. The van der Waals surface area contributed by atoms with Crippen LogP contribution in [0, 0.1) is 11.6 Å². The Kier molecular flexibility index (Phi) is 3.69. The lowest BCUT2D eigenvalue weighted by Crippen LogP contribution is -2.51. The van der Waals surface area contributed by atoms with Crippen molar-refractivity contribution in [3.05, 3.63) is 65.7 Å². The van der Waals surface area contributed by atoms with E-state index in [4.69, 9.17) is 0 Å². The number of hydrogen-bond acceptors (Lipinski definition) is 2. The normalized spacial score (nSPS) is 22.0. The topological polar surface area (TPSA) is 20.3 Å². The van der Waals surface area contributed by atoms with Crippen LogP contribution in [0.2, 0.25) is 0 Å². The maximum absolute atomic E-state index is 14.2. The molecule has 0 aromatic heterocycles. The molecule has 0 spiro atoms. The van der Waals surface area contributed by atoms with E-state index in [0.29, 0.717) is 19.5 Å². The number of hydrogen-bond donors (Lipinski definition) is 0. The van der Waals surface area contributed by atoms with Gasteiger partial charge in [-0.2, -0.15) is 0 Å². The number of benzene rings is 2. The molecule has 2 aromatic carbocycles. The molecule has 22 heavy (non-hydrogen) atoms. The molecule has 1 fully saturated rings. The van der Waals surface area contributed by atoms with Crippen LogP contribution in [0.1, 0.15) is 18.9 Å². The van der Waals surface area contributed by atoms with Crippen molar-refractivity contribution >= 4 is 11.5 Å². The van der Waals surface area contributed by atoms with Gasteiger partial charge in [-0.3, -0.25) is 4.79 Å². The van der Waals surface area contributed by atoms with Crippen molar-refractivity contribution in [1.29, 1.82) is 0 Å². The maximum atomic E-state index is 14.2. The summed E-state index contributed by atoms with van der Waals surface area (Å²) in [5, 5.41) is 0. The fraction of sp³-hybridized carbons (Fsp3) is 0.278. The zero-order chi connectivity index (χ0) is 15.7. The number of carbonyl (C=O) groups is 1. The third-order valence-electron chi connectivity index (χ3n) is 4.40. The lowest BCUT2D eigenvalue weighted by molar-refractivity contribution is -0.124. The van der Waals surface area contributed by atoms with Gasteiger partial charge >= 0.3 is 0 Å². The molecule has 0 radical (unpaired) electrons. The fourth-order valence-electron chi connectivity index (χ4n) is 3.09. The van der Waals surface area contributed by atoms with Crippen molar-refractivity contribution in [2.24, 2.45) is 0 Å². The number of anilines is 1. The Bertz CT molecular complexity index is 701. The molecule has 1 aliphatic heterocycles. The molecule has 0 aliphatic carbocycles. The minimum absolute atomic E-state index is 0.0517. The van der Waals surface area contributed by atoms with Crippen molar-refractivity contribution in [2.45, 2.75) is 18.8 Å². The number of para-hydroxylation sites is 1. The Hall–Kier alpha value is -2.23. The van der Waals surface area contributed by atoms with Crippen LogP contribution in [0.3, 0.4) is 0 Å². The summed E-state index contributed by atoms with van der Waals surface area (Å²) in [6, 6.07) is 13.7. The average molecular weight is 301 g/mol. The molecule has 1 heterocycles. The smallest absolute Gasteiger partial charge is 0.163 e. The quantitative estimate of drug-likeness (QED) is 0.843. The molecule has 2 aromatic rings. The highest BCUT2D eigenvalue weighted by molar-refractivity contribution is 5.92. The molecule has 0 saturated carbocycles. The van der Waals surface area contributed by atoms with Gasteiger partial charge in [0, 0.05) is 30.8 Å². The number of carbonyl (C=O) groups excluding carboxylic acids is 1. The molecular weight excluding hydrogens is 284 g/mol. The van der Waals surface area contributed by atoms with Crippen LogP contribution >= 0.6 is 0 Å². The highest BCUT2D eigenvalue weighted by Crippen LogP contribution is 2.35. The Morgan fingerprint density at radius 1 is 1.05 bits per heavy atom. The van der Waals surface area contributed by atoms with Crippen LogP contribution in [0.25, 0.3) is 0 Å². The number of halogens is 2. The van der Waals surface area contributed by atoms with E-state index >= 15 is 0 Å². The summed E-state index contributed by atoms with van der Waals surface area (Å²) in [6.45, 7) is 2.63. The molecule has 1 atom stereocenters. The largest absolute Gasteiger partial charge is 0.370 e. The van der Waals surface area contributed by atoms with Crippen LogP contribution < -0.4 is 4.90 Å². The Morgan fingerprint density at radius 2 is 1.77 bits per heavy atom. The van der Waals surface area contributed by atoms with Crippen molar-refractivity contribution < 1.29 is 13.6 Å². The second-order valence-electron chi connectivity index (χ2n) is 5.86. The third-order valence-corrected chi connectivity index (χ3v) is 4.40. The highest BCUT2D eigenvalue weighted by atomic mass is 19.2. The van der Waals surface area contributed by atoms with Gasteiger partial charge in [-0.25, -0.2) is 8.78 Å². The minimum atomic E-state index is -1.04.